The van der Waals surface area contributed by atoms with Gasteiger partial charge >= 0.3 is 0 Å². The molecule has 0 saturated carbocycles. The number of carbonyl (C=O) groups excluding carboxylic acids is 2. The van der Waals surface area contributed by atoms with Crippen molar-refractivity contribution < 1.29 is 18.7 Å². The fourth-order valence-corrected chi connectivity index (χ4v) is 3.54. The van der Waals surface area contributed by atoms with Crippen LogP contribution in [0.25, 0.3) is 10.8 Å². The lowest BCUT2D eigenvalue weighted by molar-refractivity contribution is -0.142. The molecule has 5 nitrogen and oxygen atoms in total. The summed E-state index contributed by atoms with van der Waals surface area (Å²) in [5.41, 5.74) is 0.739. The van der Waals surface area contributed by atoms with E-state index in [-0.39, 0.29) is 30.8 Å². The minimum absolute atomic E-state index is 0.188. The van der Waals surface area contributed by atoms with Crippen LogP contribution >= 0.6 is 0 Å². The van der Waals surface area contributed by atoms with Gasteiger partial charge in [0.15, 0.2) is 6.61 Å². The number of hydrogen-bond donors (Lipinski definition) is 1. The van der Waals surface area contributed by atoms with Crippen LogP contribution in [-0.2, 0) is 16.1 Å². The zero-order chi connectivity index (χ0) is 22.2. The van der Waals surface area contributed by atoms with Crippen LogP contribution in [0.5, 0.6) is 5.75 Å². The van der Waals surface area contributed by atoms with Crippen molar-refractivity contribution in [2.75, 3.05) is 13.2 Å². The normalized spacial score (nSPS) is 11.7. The summed E-state index contributed by atoms with van der Waals surface area (Å²) in [5.74, 6) is -0.267. The van der Waals surface area contributed by atoms with E-state index < -0.39 is 6.04 Å². The second-order valence-corrected chi connectivity index (χ2v) is 7.23. The lowest BCUT2D eigenvalue weighted by atomic mass is 10.1. The van der Waals surface area contributed by atoms with E-state index in [2.05, 4.69) is 5.32 Å². The zero-order valence-electron chi connectivity index (χ0n) is 17.8. The van der Waals surface area contributed by atoms with Gasteiger partial charge in [0.2, 0.25) is 5.91 Å². The van der Waals surface area contributed by atoms with Crippen molar-refractivity contribution in [3.63, 3.8) is 0 Å². The summed E-state index contributed by atoms with van der Waals surface area (Å²) >= 11 is 0. The van der Waals surface area contributed by atoms with Crippen LogP contribution in [-0.4, -0.2) is 35.9 Å². The molecule has 1 atom stereocenters. The number of halogens is 1. The number of rotatable bonds is 9. The van der Waals surface area contributed by atoms with E-state index in [0.717, 1.165) is 16.3 Å². The summed E-state index contributed by atoms with van der Waals surface area (Å²) in [7, 11) is 0. The number of hydrogen-bond acceptors (Lipinski definition) is 3. The maximum Gasteiger partial charge on any atom is 0.261 e. The highest BCUT2D eigenvalue weighted by molar-refractivity contribution is 5.90. The fourth-order valence-electron chi connectivity index (χ4n) is 3.54. The highest BCUT2D eigenvalue weighted by Gasteiger charge is 2.28. The number of carbonyl (C=O) groups is 2. The molecule has 0 spiro atoms. The molecule has 0 fully saturated rings. The van der Waals surface area contributed by atoms with E-state index in [1.807, 2.05) is 56.3 Å². The Kier molecular flexibility index (Phi) is 7.60. The van der Waals surface area contributed by atoms with Crippen LogP contribution in [0.2, 0.25) is 0 Å². The highest BCUT2D eigenvalue weighted by Crippen LogP contribution is 2.25. The largest absolute Gasteiger partial charge is 0.483 e. The topological polar surface area (TPSA) is 58.6 Å². The van der Waals surface area contributed by atoms with E-state index in [1.165, 1.54) is 17.0 Å². The lowest BCUT2D eigenvalue weighted by Crippen LogP contribution is -2.50. The molecule has 3 aromatic carbocycles. The van der Waals surface area contributed by atoms with E-state index in [9.17, 15) is 14.0 Å². The van der Waals surface area contributed by atoms with Crippen LogP contribution in [0.15, 0.2) is 66.7 Å². The molecule has 31 heavy (non-hydrogen) atoms. The first-order valence-electron chi connectivity index (χ1n) is 10.5. The van der Waals surface area contributed by atoms with Crippen molar-refractivity contribution in [3.05, 3.63) is 78.1 Å². The summed E-state index contributed by atoms with van der Waals surface area (Å²) in [4.78, 5) is 27.3. The third-order valence-electron chi connectivity index (χ3n) is 5.10. The van der Waals surface area contributed by atoms with Crippen LogP contribution < -0.4 is 10.1 Å². The fraction of sp³-hybridized carbons (Fsp3) is 0.280. The van der Waals surface area contributed by atoms with Crippen molar-refractivity contribution in [1.29, 1.82) is 0 Å². The van der Waals surface area contributed by atoms with Gasteiger partial charge in [-0.2, -0.15) is 0 Å². The molecule has 0 saturated heterocycles. The smallest absolute Gasteiger partial charge is 0.261 e. The Hall–Kier alpha value is -3.41. The van der Waals surface area contributed by atoms with Crippen molar-refractivity contribution >= 4 is 22.6 Å². The zero-order valence-corrected chi connectivity index (χ0v) is 17.8. The average Bonchev–Trinajstić information content (AvgIpc) is 2.78. The first kappa shape index (κ1) is 22.3. The molecular formula is C25H27FN2O3. The molecule has 162 valence electrons. The number of fused-ring (bicyclic) bond motifs is 1. The minimum Gasteiger partial charge on any atom is -0.483 e. The summed E-state index contributed by atoms with van der Waals surface area (Å²) in [6, 6.07) is 18.7. The molecule has 3 aromatic rings. The van der Waals surface area contributed by atoms with E-state index >= 15 is 0 Å². The maximum atomic E-state index is 13.3. The van der Waals surface area contributed by atoms with Crippen molar-refractivity contribution in [2.24, 2.45) is 0 Å². The van der Waals surface area contributed by atoms with E-state index in [1.54, 1.807) is 12.1 Å². The third kappa shape index (κ3) is 5.60. The number of amides is 2. The Morgan fingerprint density at radius 1 is 1.00 bits per heavy atom. The first-order valence-corrected chi connectivity index (χ1v) is 10.5. The van der Waals surface area contributed by atoms with Crippen molar-refractivity contribution in [1.82, 2.24) is 10.2 Å². The molecule has 0 radical (unpaired) electrons. The predicted molar refractivity (Wildman–Crippen MR) is 119 cm³/mol. The number of nitrogens with zero attached hydrogens (tertiary/aromatic N) is 1. The predicted octanol–water partition coefficient (Wildman–Crippen LogP) is 4.30. The Morgan fingerprint density at radius 3 is 2.42 bits per heavy atom. The Bertz CT molecular complexity index is 1030. The molecule has 0 aliphatic rings. The van der Waals surface area contributed by atoms with Gasteiger partial charge in [0.1, 0.15) is 17.6 Å². The lowest BCUT2D eigenvalue weighted by Gasteiger charge is -2.30. The molecule has 0 bridgehead atoms. The van der Waals surface area contributed by atoms with Crippen LogP contribution in [0.3, 0.4) is 0 Å². The molecule has 2 amide bonds. The van der Waals surface area contributed by atoms with Gasteiger partial charge in [0.25, 0.3) is 5.91 Å². The van der Waals surface area contributed by atoms with Gasteiger partial charge in [-0.3, -0.25) is 9.59 Å². The monoisotopic (exact) mass is 422 g/mol. The second-order valence-electron chi connectivity index (χ2n) is 7.23. The van der Waals surface area contributed by atoms with Gasteiger partial charge in [-0.15, -0.1) is 0 Å². The van der Waals surface area contributed by atoms with Crippen molar-refractivity contribution in [2.45, 2.75) is 32.9 Å². The number of nitrogens with one attached hydrogen (secondary N) is 1. The van der Waals surface area contributed by atoms with Crippen LogP contribution in [0.1, 0.15) is 25.8 Å². The SMILES string of the molecule is CCNC(=O)C(CC)N(Cc1ccc(F)cc1)C(=O)COc1cccc2ccccc12. The summed E-state index contributed by atoms with van der Waals surface area (Å²) in [6.45, 7) is 4.15. The van der Waals surface area contributed by atoms with Gasteiger partial charge in [-0.1, -0.05) is 55.5 Å². The molecule has 3 rings (SSSR count). The van der Waals surface area contributed by atoms with E-state index in [0.29, 0.717) is 18.7 Å². The number of benzene rings is 3. The first-order chi connectivity index (χ1) is 15.0. The van der Waals surface area contributed by atoms with E-state index in [4.69, 9.17) is 4.74 Å². The molecular weight excluding hydrogens is 395 g/mol. The Balaban J connectivity index is 1.81. The second kappa shape index (κ2) is 10.6. The quantitative estimate of drug-likeness (QED) is 0.559. The molecule has 0 aliphatic carbocycles. The van der Waals surface area contributed by atoms with Crippen molar-refractivity contribution in [3.8, 4) is 5.75 Å². The average molecular weight is 423 g/mol. The van der Waals surface area contributed by atoms with Gasteiger partial charge in [-0.05, 0) is 42.5 Å². The summed E-state index contributed by atoms with van der Waals surface area (Å²) in [5, 5.41) is 4.72. The van der Waals surface area contributed by atoms with Gasteiger partial charge in [0, 0.05) is 18.5 Å². The molecule has 0 aliphatic heterocycles. The highest BCUT2D eigenvalue weighted by atomic mass is 19.1. The molecule has 1 N–H and O–H groups in total. The minimum atomic E-state index is -0.645. The van der Waals surface area contributed by atoms with Crippen LogP contribution in [0.4, 0.5) is 4.39 Å². The van der Waals surface area contributed by atoms with Crippen LogP contribution in [0, 0.1) is 5.82 Å². The number of ether oxygens (including phenoxy) is 1. The van der Waals surface area contributed by atoms with Gasteiger partial charge < -0.3 is 15.0 Å². The maximum absolute atomic E-state index is 13.3. The van der Waals surface area contributed by atoms with Gasteiger partial charge in [0.05, 0.1) is 0 Å². The molecule has 6 heteroatoms. The Labute approximate surface area is 181 Å². The molecule has 0 aromatic heterocycles. The summed E-state index contributed by atoms with van der Waals surface area (Å²) in [6.07, 6.45) is 0.451. The number of likely N-dealkylation sites (N-methyl/N-ethyl adjacent to an activating group) is 1. The molecule has 0 heterocycles. The summed E-state index contributed by atoms with van der Waals surface area (Å²) < 4.78 is 19.2. The van der Waals surface area contributed by atoms with Gasteiger partial charge in [-0.25, -0.2) is 4.39 Å². The standard InChI is InChI=1S/C25H27FN2O3/c1-3-22(25(30)27-4-2)28(16-18-12-14-20(26)15-13-18)24(29)17-31-23-11-7-9-19-8-5-6-10-21(19)23/h5-15,22H,3-4,16-17H2,1-2H3,(H,27,30). The third-order valence-corrected chi connectivity index (χ3v) is 5.10. The molecule has 1 unspecified atom stereocenters. The Morgan fingerprint density at radius 2 is 1.71 bits per heavy atom.